The lowest BCUT2D eigenvalue weighted by Gasteiger charge is -2.16. The number of carbonyl (C=O) groups excluding carboxylic acids is 2. The number of methoxy groups -OCH3 is 1. The molecule has 27 heavy (non-hydrogen) atoms. The van der Waals surface area contributed by atoms with Crippen LogP contribution in [0.15, 0.2) is 48.5 Å². The van der Waals surface area contributed by atoms with E-state index in [2.05, 4.69) is 5.32 Å². The normalized spacial score (nSPS) is 12.6. The zero-order chi connectivity index (χ0) is 19.1. The minimum atomic E-state index is -0.337. The van der Waals surface area contributed by atoms with Gasteiger partial charge in [0, 0.05) is 28.6 Å². The Hall–Kier alpha value is -3.05. The Bertz CT molecular complexity index is 1090. The highest BCUT2D eigenvalue weighted by Gasteiger charge is 2.29. The van der Waals surface area contributed by atoms with Crippen molar-refractivity contribution in [3.05, 3.63) is 64.7 Å². The van der Waals surface area contributed by atoms with E-state index in [-0.39, 0.29) is 11.8 Å². The molecule has 0 saturated carbocycles. The van der Waals surface area contributed by atoms with Gasteiger partial charge in [-0.25, -0.2) is 0 Å². The first-order chi connectivity index (χ1) is 13.0. The number of nitrogens with zero attached hydrogens (tertiary/aromatic N) is 1. The number of hydrogen-bond donors (Lipinski definition) is 1. The van der Waals surface area contributed by atoms with Gasteiger partial charge in [0.25, 0.3) is 11.8 Å². The van der Waals surface area contributed by atoms with Crippen molar-refractivity contribution in [3.63, 3.8) is 0 Å². The van der Waals surface area contributed by atoms with Crippen LogP contribution < -0.4 is 15.0 Å². The first-order valence-corrected chi connectivity index (χ1v) is 8.95. The highest BCUT2D eigenvalue weighted by atomic mass is 35.5. The van der Waals surface area contributed by atoms with Crippen molar-refractivity contribution in [1.29, 1.82) is 0 Å². The quantitative estimate of drug-likeness (QED) is 0.711. The standard InChI is InChI=1S/C21H17ClN2O3/c1-3-24-18-10-9-17(13-5-4-6-14(19(13)18)21(24)26)23-20(25)15-11-12(27-2)7-8-16(15)22/h4-11H,3H2,1-2H3,(H,23,25). The van der Waals surface area contributed by atoms with Crippen molar-refractivity contribution < 1.29 is 14.3 Å². The molecule has 0 bridgehead atoms. The summed E-state index contributed by atoms with van der Waals surface area (Å²) >= 11 is 6.18. The lowest BCUT2D eigenvalue weighted by atomic mass is 10.0. The third-order valence-corrected chi connectivity index (χ3v) is 5.10. The van der Waals surface area contributed by atoms with Gasteiger partial charge in [-0.3, -0.25) is 9.59 Å². The maximum Gasteiger partial charge on any atom is 0.258 e. The predicted molar refractivity (Wildman–Crippen MR) is 107 cm³/mol. The molecule has 1 heterocycles. The Labute approximate surface area is 161 Å². The van der Waals surface area contributed by atoms with E-state index in [1.165, 1.54) is 7.11 Å². The molecule has 3 aromatic rings. The maximum absolute atomic E-state index is 12.8. The topological polar surface area (TPSA) is 58.6 Å². The molecule has 1 aliphatic heterocycles. The number of benzene rings is 3. The third kappa shape index (κ3) is 2.71. The number of ether oxygens (including phenoxy) is 1. The summed E-state index contributed by atoms with van der Waals surface area (Å²) in [7, 11) is 1.53. The summed E-state index contributed by atoms with van der Waals surface area (Å²) in [5, 5.41) is 4.93. The summed E-state index contributed by atoms with van der Waals surface area (Å²) in [4.78, 5) is 27.1. The number of hydrogen-bond acceptors (Lipinski definition) is 3. The molecule has 0 spiro atoms. The van der Waals surface area contributed by atoms with E-state index in [1.807, 2.05) is 37.3 Å². The number of anilines is 2. The fourth-order valence-electron chi connectivity index (χ4n) is 3.46. The Morgan fingerprint density at radius 2 is 2.00 bits per heavy atom. The lowest BCUT2D eigenvalue weighted by Crippen LogP contribution is -2.25. The van der Waals surface area contributed by atoms with Crippen LogP contribution in [0.1, 0.15) is 27.6 Å². The van der Waals surface area contributed by atoms with Crippen LogP contribution >= 0.6 is 11.6 Å². The van der Waals surface area contributed by atoms with Crippen molar-refractivity contribution in [2.75, 3.05) is 23.9 Å². The summed E-state index contributed by atoms with van der Waals surface area (Å²) in [6.07, 6.45) is 0. The molecule has 1 aliphatic rings. The van der Waals surface area contributed by atoms with Crippen LogP contribution in [0.3, 0.4) is 0 Å². The Morgan fingerprint density at radius 1 is 1.19 bits per heavy atom. The molecule has 5 nitrogen and oxygen atoms in total. The number of amides is 2. The van der Waals surface area contributed by atoms with Crippen LogP contribution in [-0.2, 0) is 0 Å². The van der Waals surface area contributed by atoms with Gasteiger partial charge in [-0.1, -0.05) is 23.7 Å². The fraction of sp³-hybridized carbons (Fsp3) is 0.143. The van der Waals surface area contributed by atoms with Gasteiger partial charge in [-0.15, -0.1) is 0 Å². The molecule has 0 aliphatic carbocycles. The van der Waals surface area contributed by atoms with Crippen LogP contribution in [0.2, 0.25) is 5.02 Å². The van der Waals surface area contributed by atoms with Crippen molar-refractivity contribution in [2.45, 2.75) is 6.92 Å². The average molecular weight is 381 g/mol. The van der Waals surface area contributed by atoms with Crippen LogP contribution in [0.25, 0.3) is 10.8 Å². The lowest BCUT2D eigenvalue weighted by molar-refractivity contribution is 0.0992. The number of halogens is 1. The Morgan fingerprint density at radius 3 is 2.74 bits per heavy atom. The van der Waals surface area contributed by atoms with Gasteiger partial charge >= 0.3 is 0 Å². The molecule has 0 unspecified atom stereocenters. The van der Waals surface area contributed by atoms with Crippen molar-refractivity contribution in [1.82, 2.24) is 0 Å². The minimum Gasteiger partial charge on any atom is -0.497 e. The molecule has 0 fully saturated rings. The van der Waals surface area contributed by atoms with Gasteiger partial charge < -0.3 is 15.0 Å². The maximum atomic E-state index is 12.8. The monoisotopic (exact) mass is 380 g/mol. The fourth-order valence-corrected chi connectivity index (χ4v) is 3.67. The molecule has 0 saturated heterocycles. The molecule has 136 valence electrons. The summed E-state index contributed by atoms with van der Waals surface area (Å²) in [5.41, 5.74) is 2.47. The van der Waals surface area contributed by atoms with Gasteiger partial charge in [-0.2, -0.15) is 0 Å². The summed E-state index contributed by atoms with van der Waals surface area (Å²) in [6, 6.07) is 14.1. The second-order valence-electron chi connectivity index (χ2n) is 6.21. The predicted octanol–water partition coefficient (Wildman–Crippen LogP) is 4.73. The van der Waals surface area contributed by atoms with Crippen molar-refractivity contribution >= 4 is 45.6 Å². The van der Waals surface area contributed by atoms with Crippen molar-refractivity contribution in [3.8, 4) is 5.75 Å². The van der Waals surface area contributed by atoms with Crippen LogP contribution in [0.5, 0.6) is 5.75 Å². The summed E-state index contributed by atoms with van der Waals surface area (Å²) in [6.45, 7) is 2.53. The molecule has 0 aromatic heterocycles. The van der Waals surface area contributed by atoms with E-state index in [9.17, 15) is 9.59 Å². The van der Waals surface area contributed by atoms with E-state index in [4.69, 9.17) is 16.3 Å². The second kappa shape index (κ2) is 6.59. The van der Waals surface area contributed by atoms with Crippen LogP contribution in [0.4, 0.5) is 11.4 Å². The number of carbonyl (C=O) groups is 2. The molecule has 1 N–H and O–H groups in total. The largest absolute Gasteiger partial charge is 0.497 e. The minimum absolute atomic E-state index is 0.0163. The van der Waals surface area contributed by atoms with E-state index >= 15 is 0 Å². The van der Waals surface area contributed by atoms with Gasteiger partial charge in [-0.05, 0) is 43.3 Å². The van der Waals surface area contributed by atoms with E-state index < -0.39 is 0 Å². The van der Waals surface area contributed by atoms with E-state index in [1.54, 1.807) is 23.1 Å². The third-order valence-electron chi connectivity index (χ3n) is 4.77. The van der Waals surface area contributed by atoms with Crippen molar-refractivity contribution in [2.24, 2.45) is 0 Å². The molecular formula is C21H17ClN2O3. The molecule has 2 amide bonds. The second-order valence-corrected chi connectivity index (χ2v) is 6.62. The summed E-state index contributed by atoms with van der Waals surface area (Å²) in [5.74, 6) is 0.197. The van der Waals surface area contributed by atoms with E-state index in [0.29, 0.717) is 34.1 Å². The number of rotatable bonds is 4. The van der Waals surface area contributed by atoms with E-state index in [0.717, 1.165) is 16.5 Å². The number of nitrogens with one attached hydrogen (secondary N) is 1. The molecule has 0 radical (unpaired) electrons. The van der Waals surface area contributed by atoms with Gasteiger partial charge in [0.15, 0.2) is 0 Å². The highest BCUT2D eigenvalue weighted by Crippen LogP contribution is 2.40. The molecule has 0 atom stereocenters. The smallest absolute Gasteiger partial charge is 0.258 e. The SMILES string of the molecule is CCN1C(=O)c2cccc3c(NC(=O)c4cc(OC)ccc4Cl)ccc1c23. The zero-order valence-corrected chi connectivity index (χ0v) is 15.6. The zero-order valence-electron chi connectivity index (χ0n) is 14.9. The van der Waals surface area contributed by atoms with Crippen LogP contribution in [0, 0.1) is 0 Å². The van der Waals surface area contributed by atoms with Gasteiger partial charge in [0.1, 0.15) is 5.75 Å². The van der Waals surface area contributed by atoms with Gasteiger partial charge in [0.05, 0.1) is 23.4 Å². The first kappa shape index (κ1) is 17.4. The summed E-state index contributed by atoms with van der Waals surface area (Å²) < 4.78 is 5.17. The highest BCUT2D eigenvalue weighted by molar-refractivity contribution is 6.35. The molecular weight excluding hydrogens is 364 g/mol. The Balaban J connectivity index is 1.78. The van der Waals surface area contributed by atoms with Crippen LogP contribution in [-0.4, -0.2) is 25.5 Å². The molecule has 3 aromatic carbocycles. The van der Waals surface area contributed by atoms with Gasteiger partial charge in [0.2, 0.25) is 0 Å². The Kier molecular flexibility index (Phi) is 4.24. The average Bonchev–Trinajstić information content (AvgIpc) is 2.97. The molecule has 4 rings (SSSR count). The molecule has 6 heteroatoms. The first-order valence-electron chi connectivity index (χ1n) is 8.57.